The zero-order valence-corrected chi connectivity index (χ0v) is 10.0. The first-order chi connectivity index (χ1) is 8.16. The van der Waals surface area contributed by atoms with E-state index >= 15 is 0 Å². The summed E-state index contributed by atoms with van der Waals surface area (Å²) in [5.74, 6) is 0.425. The van der Waals surface area contributed by atoms with Gasteiger partial charge in [-0.2, -0.15) is 0 Å². The van der Waals surface area contributed by atoms with E-state index in [0.717, 1.165) is 25.1 Å². The van der Waals surface area contributed by atoms with E-state index < -0.39 is 0 Å². The first-order valence-corrected chi connectivity index (χ1v) is 6.00. The van der Waals surface area contributed by atoms with Crippen molar-refractivity contribution in [1.29, 1.82) is 0 Å². The zero-order chi connectivity index (χ0) is 12.3. The van der Waals surface area contributed by atoms with Gasteiger partial charge in [-0.05, 0) is 37.0 Å². The Bertz CT molecular complexity index is 381. The zero-order valence-electron chi connectivity index (χ0n) is 10.0. The fourth-order valence-corrected chi connectivity index (χ4v) is 2.12. The summed E-state index contributed by atoms with van der Waals surface area (Å²) < 4.78 is 5.49. The molecule has 1 aromatic rings. The number of hydrogen-bond donors (Lipinski definition) is 3. The van der Waals surface area contributed by atoms with Crippen LogP contribution in [0.3, 0.4) is 0 Å². The van der Waals surface area contributed by atoms with E-state index in [4.69, 9.17) is 4.74 Å². The average molecular weight is 237 g/mol. The second-order valence-corrected chi connectivity index (χ2v) is 4.58. The van der Waals surface area contributed by atoms with Crippen molar-refractivity contribution in [3.05, 3.63) is 23.8 Å². The summed E-state index contributed by atoms with van der Waals surface area (Å²) in [4.78, 5) is 0. The summed E-state index contributed by atoms with van der Waals surface area (Å²) in [5, 5.41) is 21.9. The smallest absolute Gasteiger partial charge is 0.157 e. The Hall–Kier alpha value is -1.26. The Kier molecular flexibility index (Phi) is 3.86. The second kappa shape index (κ2) is 5.38. The summed E-state index contributed by atoms with van der Waals surface area (Å²) >= 11 is 0. The van der Waals surface area contributed by atoms with Crippen LogP contribution in [0, 0.1) is 5.92 Å². The van der Waals surface area contributed by atoms with Gasteiger partial charge in [0.1, 0.15) is 0 Å². The van der Waals surface area contributed by atoms with Crippen molar-refractivity contribution in [2.75, 3.05) is 13.2 Å². The van der Waals surface area contributed by atoms with Gasteiger partial charge in [-0.1, -0.05) is 6.07 Å². The Morgan fingerprint density at radius 2 is 2.18 bits per heavy atom. The van der Waals surface area contributed by atoms with E-state index in [1.54, 1.807) is 12.1 Å². The van der Waals surface area contributed by atoms with Gasteiger partial charge >= 0.3 is 0 Å². The minimum atomic E-state index is -0.0773. The Morgan fingerprint density at radius 3 is 2.82 bits per heavy atom. The largest absolute Gasteiger partial charge is 0.504 e. The normalized spacial score (nSPS) is 24.1. The number of rotatable bonds is 4. The maximum absolute atomic E-state index is 9.36. The molecule has 2 atom stereocenters. The monoisotopic (exact) mass is 237 g/mol. The molecule has 94 valence electrons. The third-order valence-corrected chi connectivity index (χ3v) is 3.31. The van der Waals surface area contributed by atoms with Crippen molar-refractivity contribution >= 4 is 0 Å². The van der Waals surface area contributed by atoms with Crippen LogP contribution in [0.1, 0.15) is 18.9 Å². The van der Waals surface area contributed by atoms with Crippen molar-refractivity contribution in [3.8, 4) is 11.5 Å². The van der Waals surface area contributed by atoms with Crippen molar-refractivity contribution in [2.45, 2.75) is 26.0 Å². The summed E-state index contributed by atoms with van der Waals surface area (Å²) in [6, 6.07) is 4.89. The lowest BCUT2D eigenvalue weighted by Gasteiger charge is -2.14. The topological polar surface area (TPSA) is 61.7 Å². The summed E-state index contributed by atoms with van der Waals surface area (Å²) in [6.07, 6.45) is 1.44. The molecule has 0 spiro atoms. The molecule has 4 heteroatoms. The number of ether oxygens (including phenoxy) is 1. The Balaban J connectivity index is 1.79. The first kappa shape index (κ1) is 12.2. The number of hydrogen-bond acceptors (Lipinski definition) is 4. The molecule has 0 saturated carbocycles. The van der Waals surface area contributed by atoms with E-state index in [1.165, 1.54) is 6.07 Å². The fourth-order valence-electron chi connectivity index (χ4n) is 2.12. The molecule has 17 heavy (non-hydrogen) atoms. The van der Waals surface area contributed by atoms with Gasteiger partial charge in [0.25, 0.3) is 0 Å². The fraction of sp³-hybridized carbons (Fsp3) is 0.538. The number of nitrogens with one attached hydrogen (secondary N) is 1. The summed E-state index contributed by atoms with van der Waals surface area (Å²) in [5.41, 5.74) is 0.965. The highest BCUT2D eigenvalue weighted by atomic mass is 16.5. The van der Waals surface area contributed by atoms with Crippen LogP contribution in [0.2, 0.25) is 0 Å². The molecule has 1 aliphatic rings. The van der Waals surface area contributed by atoms with Crippen LogP contribution in [-0.2, 0) is 11.3 Å². The SMILES string of the molecule is CC1OCCC1CNCc1ccc(O)c(O)c1. The number of benzene rings is 1. The van der Waals surface area contributed by atoms with Gasteiger partial charge in [0.15, 0.2) is 11.5 Å². The molecule has 1 aliphatic heterocycles. The van der Waals surface area contributed by atoms with Gasteiger partial charge in [-0.3, -0.25) is 0 Å². The number of phenols is 2. The molecule has 1 fully saturated rings. The molecule has 1 heterocycles. The van der Waals surface area contributed by atoms with E-state index in [9.17, 15) is 10.2 Å². The highest BCUT2D eigenvalue weighted by Gasteiger charge is 2.23. The van der Waals surface area contributed by atoms with Crippen LogP contribution in [0.15, 0.2) is 18.2 Å². The molecule has 3 N–H and O–H groups in total. The van der Waals surface area contributed by atoms with Crippen molar-refractivity contribution in [1.82, 2.24) is 5.32 Å². The minimum Gasteiger partial charge on any atom is -0.504 e. The third-order valence-electron chi connectivity index (χ3n) is 3.31. The van der Waals surface area contributed by atoms with E-state index in [2.05, 4.69) is 12.2 Å². The van der Waals surface area contributed by atoms with Gasteiger partial charge < -0.3 is 20.3 Å². The van der Waals surface area contributed by atoms with Gasteiger partial charge in [-0.15, -0.1) is 0 Å². The predicted molar refractivity (Wildman–Crippen MR) is 65.0 cm³/mol. The molecule has 4 nitrogen and oxygen atoms in total. The molecule has 0 aromatic heterocycles. The van der Waals surface area contributed by atoms with Crippen LogP contribution in [-0.4, -0.2) is 29.5 Å². The molecule has 1 saturated heterocycles. The quantitative estimate of drug-likeness (QED) is 0.696. The Labute approximate surface area is 101 Å². The van der Waals surface area contributed by atoms with Crippen LogP contribution in [0.4, 0.5) is 0 Å². The summed E-state index contributed by atoms with van der Waals surface area (Å²) in [7, 11) is 0. The van der Waals surface area contributed by atoms with Crippen LogP contribution < -0.4 is 5.32 Å². The minimum absolute atomic E-state index is 0.0677. The van der Waals surface area contributed by atoms with E-state index in [-0.39, 0.29) is 11.5 Å². The molecule has 0 radical (unpaired) electrons. The lowest BCUT2D eigenvalue weighted by Crippen LogP contribution is -2.26. The predicted octanol–water partition coefficient (Wildman–Crippen LogP) is 1.61. The number of phenolic OH excluding ortho intramolecular Hbond substituents is 2. The van der Waals surface area contributed by atoms with Gasteiger partial charge in [0.05, 0.1) is 6.10 Å². The molecule has 2 unspecified atom stereocenters. The van der Waals surface area contributed by atoms with Crippen LogP contribution in [0.5, 0.6) is 11.5 Å². The molecule has 2 rings (SSSR count). The second-order valence-electron chi connectivity index (χ2n) is 4.58. The van der Waals surface area contributed by atoms with Gasteiger partial charge in [0, 0.05) is 19.7 Å². The highest BCUT2D eigenvalue weighted by Crippen LogP contribution is 2.25. The number of aromatic hydroxyl groups is 2. The molecular formula is C13H19NO3. The third kappa shape index (κ3) is 3.11. The first-order valence-electron chi connectivity index (χ1n) is 6.00. The van der Waals surface area contributed by atoms with E-state index in [1.807, 2.05) is 0 Å². The molecular weight excluding hydrogens is 218 g/mol. The molecule has 0 amide bonds. The van der Waals surface area contributed by atoms with Crippen molar-refractivity contribution < 1.29 is 14.9 Å². The standard InChI is InChI=1S/C13H19NO3/c1-9-11(4-5-17-9)8-14-7-10-2-3-12(15)13(16)6-10/h2-3,6,9,11,14-16H,4-5,7-8H2,1H3. The van der Waals surface area contributed by atoms with E-state index in [0.29, 0.717) is 18.6 Å². The maximum atomic E-state index is 9.36. The molecule has 0 bridgehead atoms. The lowest BCUT2D eigenvalue weighted by atomic mass is 10.0. The molecule has 1 aromatic carbocycles. The Morgan fingerprint density at radius 1 is 1.35 bits per heavy atom. The van der Waals surface area contributed by atoms with Crippen molar-refractivity contribution in [2.24, 2.45) is 5.92 Å². The van der Waals surface area contributed by atoms with Crippen LogP contribution >= 0.6 is 0 Å². The summed E-state index contributed by atoms with van der Waals surface area (Å²) in [6.45, 7) is 4.57. The maximum Gasteiger partial charge on any atom is 0.157 e. The molecule has 0 aliphatic carbocycles. The van der Waals surface area contributed by atoms with Crippen LogP contribution in [0.25, 0.3) is 0 Å². The lowest BCUT2D eigenvalue weighted by molar-refractivity contribution is 0.105. The average Bonchev–Trinajstić information content (AvgIpc) is 2.70. The van der Waals surface area contributed by atoms with Gasteiger partial charge in [-0.25, -0.2) is 0 Å². The van der Waals surface area contributed by atoms with Gasteiger partial charge in [0.2, 0.25) is 0 Å². The highest BCUT2D eigenvalue weighted by molar-refractivity contribution is 5.40. The van der Waals surface area contributed by atoms with Crippen molar-refractivity contribution in [3.63, 3.8) is 0 Å².